The van der Waals surface area contributed by atoms with Crippen molar-refractivity contribution in [2.75, 3.05) is 27.9 Å². The zero-order valence-electron chi connectivity index (χ0n) is 17.5. The van der Waals surface area contributed by atoms with Crippen LogP contribution in [0.1, 0.15) is 32.8 Å². The molecular weight excluding hydrogens is 384 g/mol. The number of aromatic nitrogens is 1. The van der Waals surface area contributed by atoms with Gasteiger partial charge in [0, 0.05) is 38.0 Å². The first-order chi connectivity index (χ1) is 14.5. The average molecular weight is 408 g/mol. The molecule has 1 aliphatic heterocycles. The van der Waals surface area contributed by atoms with Gasteiger partial charge in [0.05, 0.1) is 32.4 Å². The first-order valence-corrected chi connectivity index (χ1v) is 9.68. The summed E-state index contributed by atoms with van der Waals surface area (Å²) in [5, 5.41) is 0.704. The summed E-state index contributed by atoms with van der Waals surface area (Å²) in [5.74, 6) is 1.63. The lowest BCUT2D eigenvalue weighted by Crippen LogP contribution is -2.31. The molecule has 3 aromatic rings. The summed E-state index contributed by atoms with van der Waals surface area (Å²) < 4.78 is 17.8. The van der Waals surface area contributed by atoms with E-state index in [0.29, 0.717) is 41.2 Å². The Morgan fingerprint density at radius 3 is 2.23 bits per heavy atom. The van der Waals surface area contributed by atoms with E-state index in [9.17, 15) is 9.59 Å². The molecule has 0 saturated heterocycles. The predicted octanol–water partition coefficient (Wildman–Crippen LogP) is 3.43. The summed E-state index contributed by atoms with van der Waals surface area (Å²) in [7, 11) is 6.53. The zero-order valence-corrected chi connectivity index (χ0v) is 17.5. The largest absolute Gasteiger partial charge is 0.497 e. The number of hydrogen-bond donors (Lipinski definition) is 0. The van der Waals surface area contributed by atoms with Crippen LogP contribution >= 0.6 is 0 Å². The third-order valence-electron chi connectivity index (χ3n) is 5.61. The molecular formula is C23H24N2O5. The normalized spacial score (nSPS) is 13.9. The standard InChI is InChI=1S/C23H24N2O5/c1-24-17-12-20(30-4)19(29-3)11-16(17)21-18(26)9-10-25(23(27)22(21)24)13-14-5-7-15(28-2)8-6-14/h5-8,11-12H,9-10,13H2,1-4H3. The van der Waals surface area contributed by atoms with E-state index in [2.05, 4.69) is 0 Å². The molecule has 0 unspecified atom stereocenters. The Labute approximate surface area is 174 Å². The summed E-state index contributed by atoms with van der Waals surface area (Å²) in [6.45, 7) is 0.789. The summed E-state index contributed by atoms with van der Waals surface area (Å²) in [5.41, 5.74) is 2.58. The van der Waals surface area contributed by atoms with Gasteiger partial charge in [-0.25, -0.2) is 0 Å². The summed E-state index contributed by atoms with van der Waals surface area (Å²) in [6, 6.07) is 11.2. The molecule has 0 N–H and O–H groups in total. The van der Waals surface area contributed by atoms with Crippen LogP contribution in [0.15, 0.2) is 36.4 Å². The number of rotatable bonds is 5. The van der Waals surface area contributed by atoms with Crippen molar-refractivity contribution < 1.29 is 23.8 Å². The van der Waals surface area contributed by atoms with Crippen LogP contribution in [0, 0.1) is 0 Å². The third kappa shape index (κ3) is 3.16. The van der Waals surface area contributed by atoms with Crippen molar-refractivity contribution in [2.45, 2.75) is 13.0 Å². The Balaban J connectivity index is 1.79. The van der Waals surface area contributed by atoms with E-state index in [4.69, 9.17) is 14.2 Å². The van der Waals surface area contributed by atoms with Crippen molar-refractivity contribution in [3.8, 4) is 17.2 Å². The van der Waals surface area contributed by atoms with Gasteiger partial charge < -0.3 is 23.7 Å². The van der Waals surface area contributed by atoms with Gasteiger partial charge in [-0.05, 0) is 23.8 Å². The lowest BCUT2D eigenvalue weighted by Gasteiger charge is -2.21. The van der Waals surface area contributed by atoms with Crippen LogP contribution < -0.4 is 14.2 Å². The van der Waals surface area contributed by atoms with Gasteiger partial charge in [-0.15, -0.1) is 0 Å². The molecule has 4 rings (SSSR count). The summed E-state index contributed by atoms with van der Waals surface area (Å²) in [4.78, 5) is 28.2. The molecule has 0 aliphatic carbocycles. The molecule has 0 radical (unpaired) electrons. The molecule has 0 fully saturated rings. The third-order valence-corrected chi connectivity index (χ3v) is 5.61. The number of amides is 1. The average Bonchev–Trinajstić information content (AvgIpc) is 2.99. The highest BCUT2D eigenvalue weighted by molar-refractivity contribution is 6.18. The molecule has 156 valence electrons. The molecule has 1 aliphatic rings. The number of aryl methyl sites for hydroxylation is 1. The maximum Gasteiger partial charge on any atom is 0.271 e. The fraction of sp³-hybridized carbons (Fsp3) is 0.304. The number of ether oxygens (including phenoxy) is 3. The van der Waals surface area contributed by atoms with Crippen LogP contribution in [0.25, 0.3) is 10.9 Å². The van der Waals surface area contributed by atoms with Gasteiger partial charge >= 0.3 is 0 Å². The van der Waals surface area contributed by atoms with E-state index in [1.54, 1.807) is 50.0 Å². The van der Waals surface area contributed by atoms with Crippen molar-refractivity contribution in [1.29, 1.82) is 0 Å². The molecule has 30 heavy (non-hydrogen) atoms. The van der Waals surface area contributed by atoms with Crippen LogP contribution in [-0.2, 0) is 13.6 Å². The minimum absolute atomic E-state index is 0.0478. The number of ketones is 1. The van der Waals surface area contributed by atoms with Gasteiger partial charge in [-0.1, -0.05) is 12.1 Å². The zero-order chi connectivity index (χ0) is 21.4. The molecule has 0 saturated carbocycles. The van der Waals surface area contributed by atoms with E-state index in [0.717, 1.165) is 16.8 Å². The highest BCUT2D eigenvalue weighted by Gasteiger charge is 2.33. The van der Waals surface area contributed by atoms with Gasteiger partial charge in [0.25, 0.3) is 5.91 Å². The van der Waals surface area contributed by atoms with Crippen LogP contribution in [0.3, 0.4) is 0 Å². The van der Waals surface area contributed by atoms with E-state index in [1.165, 1.54) is 0 Å². The van der Waals surface area contributed by atoms with Gasteiger partial charge in [-0.3, -0.25) is 9.59 Å². The first kappa shape index (κ1) is 19.8. The van der Waals surface area contributed by atoms with Crippen LogP contribution in [-0.4, -0.2) is 49.0 Å². The highest BCUT2D eigenvalue weighted by Crippen LogP contribution is 2.38. The van der Waals surface area contributed by atoms with Gasteiger partial charge in [-0.2, -0.15) is 0 Å². The second-order valence-electron chi connectivity index (χ2n) is 7.25. The van der Waals surface area contributed by atoms with Gasteiger partial charge in [0.2, 0.25) is 0 Å². The fourth-order valence-corrected chi connectivity index (χ4v) is 4.01. The Kier molecular flexibility index (Phi) is 5.11. The molecule has 7 nitrogen and oxygen atoms in total. The molecule has 0 atom stereocenters. The monoisotopic (exact) mass is 408 g/mol. The number of fused-ring (bicyclic) bond motifs is 3. The Morgan fingerprint density at radius 1 is 0.933 bits per heavy atom. The van der Waals surface area contributed by atoms with Crippen molar-refractivity contribution in [3.05, 3.63) is 53.2 Å². The number of carbonyl (C=O) groups excluding carboxylic acids is 2. The molecule has 0 spiro atoms. The number of hydrogen-bond acceptors (Lipinski definition) is 5. The molecule has 0 bridgehead atoms. The molecule has 2 heterocycles. The summed E-state index contributed by atoms with van der Waals surface area (Å²) >= 11 is 0. The number of Topliss-reactive ketones (excluding diaryl/α,β-unsaturated/α-hetero) is 1. The quantitative estimate of drug-likeness (QED) is 0.647. The second kappa shape index (κ2) is 7.74. The lowest BCUT2D eigenvalue weighted by molar-refractivity contribution is 0.0737. The Morgan fingerprint density at radius 2 is 1.60 bits per heavy atom. The SMILES string of the molecule is COc1ccc(CN2CCC(=O)c3c(n(C)c4cc(OC)c(OC)cc34)C2=O)cc1. The minimum Gasteiger partial charge on any atom is -0.497 e. The highest BCUT2D eigenvalue weighted by atomic mass is 16.5. The maximum absolute atomic E-state index is 13.5. The topological polar surface area (TPSA) is 70.0 Å². The lowest BCUT2D eigenvalue weighted by atomic mass is 10.0. The van der Waals surface area contributed by atoms with Crippen molar-refractivity contribution in [2.24, 2.45) is 7.05 Å². The molecule has 1 aromatic heterocycles. The molecule has 2 aromatic carbocycles. The number of carbonyl (C=O) groups is 2. The van der Waals surface area contributed by atoms with Gasteiger partial charge in [0.15, 0.2) is 17.3 Å². The Bertz CT molecular complexity index is 1130. The van der Waals surface area contributed by atoms with Gasteiger partial charge in [0.1, 0.15) is 11.4 Å². The van der Waals surface area contributed by atoms with E-state index in [1.807, 2.05) is 24.3 Å². The Hall–Kier alpha value is -3.48. The van der Waals surface area contributed by atoms with Crippen LogP contribution in [0.5, 0.6) is 17.2 Å². The van der Waals surface area contributed by atoms with E-state index < -0.39 is 0 Å². The van der Waals surface area contributed by atoms with Crippen molar-refractivity contribution >= 4 is 22.6 Å². The number of methoxy groups -OCH3 is 3. The predicted molar refractivity (Wildman–Crippen MR) is 113 cm³/mol. The van der Waals surface area contributed by atoms with Crippen LogP contribution in [0.4, 0.5) is 0 Å². The smallest absolute Gasteiger partial charge is 0.271 e. The van der Waals surface area contributed by atoms with E-state index in [-0.39, 0.29) is 18.1 Å². The van der Waals surface area contributed by atoms with Crippen molar-refractivity contribution in [3.63, 3.8) is 0 Å². The number of nitrogens with zero attached hydrogens (tertiary/aromatic N) is 2. The summed E-state index contributed by atoms with van der Waals surface area (Å²) in [6.07, 6.45) is 0.266. The molecule has 1 amide bonds. The maximum atomic E-state index is 13.5. The fourth-order valence-electron chi connectivity index (χ4n) is 4.01. The second-order valence-corrected chi connectivity index (χ2v) is 7.25. The number of benzene rings is 2. The van der Waals surface area contributed by atoms with Crippen LogP contribution in [0.2, 0.25) is 0 Å². The minimum atomic E-state index is -0.164. The van der Waals surface area contributed by atoms with E-state index >= 15 is 0 Å². The molecule has 7 heteroatoms. The first-order valence-electron chi connectivity index (χ1n) is 9.68. The van der Waals surface area contributed by atoms with Crippen molar-refractivity contribution in [1.82, 2.24) is 9.47 Å².